The molecule has 0 aliphatic heterocycles. The molecule has 4 aromatic heterocycles. The molecule has 4 heteroatoms. The zero-order valence-electron chi connectivity index (χ0n) is 22.3. The van der Waals surface area contributed by atoms with Gasteiger partial charge in [0.15, 0.2) is 0 Å². The molecule has 0 saturated heterocycles. The minimum atomic E-state index is 0.955. The number of nitrogens with zero attached hydrogens (tertiary/aromatic N) is 4. The van der Waals surface area contributed by atoms with Crippen LogP contribution >= 0.6 is 0 Å². The van der Waals surface area contributed by atoms with Crippen LogP contribution in [0.1, 0.15) is 11.4 Å². The Bertz CT molecular complexity index is 2010. The maximum absolute atomic E-state index is 4.85. The van der Waals surface area contributed by atoms with Crippen molar-refractivity contribution in [3.8, 4) is 44.6 Å². The van der Waals surface area contributed by atoms with Crippen molar-refractivity contribution in [2.24, 2.45) is 0 Å². The number of hydrogen-bond donors (Lipinski definition) is 0. The highest BCUT2D eigenvalue weighted by molar-refractivity contribution is 6.11. The highest BCUT2D eigenvalue weighted by Crippen LogP contribution is 2.38. The van der Waals surface area contributed by atoms with Crippen LogP contribution in [-0.2, 0) is 0 Å². The molecule has 7 aromatic rings. The summed E-state index contributed by atoms with van der Waals surface area (Å²) >= 11 is 0. The molecule has 0 bridgehead atoms. The van der Waals surface area contributed by atoms with Crippen LogP contribution in [0.5, 0.6) is 0 Å². The second-order valence-electron chi connectivity index (χ2n) is 10.1. The Hall–Kier alpha value is -5.22. The molecule has 0 aliphatic carbocycles. The van der Waals surface area contributed by atoms with E-state index in [9.17, 15) is 0 Å². The van der Waals surface area contributed by atoms with Gasteiger partial charge in [-0.2, -0.15) is 0 Å². The molecule has 0 saturated carbocycles. The minimum Gasteiger partial charge on any atom is -0.258 e. The summed E-state index contributed by atoms with van der Waals surface area (Å²) < 4.78 is 0. The van der Waals surface area contributed by atoms with Crippen molar-refractivity contribution in [2.45, 2.75) is 13.8 Å². The molecule has 0 unspecified atom stereocenters. The van der Waals surface area contributed by atoms with Gasteiger partial charge in [0.2, 0.25) is 0 Å². The van der Waals surface area contributed by atoms with Gasteiger partial charge in [-0.3, -0.25) is 19.9 Å². The molecule has 190 valence electrons. The van der Waals surface area contributed by atoms with Gasteiger partial charge in [0.1, 0.15) is 0 Å². The van der Waals surface area contributed by atoms with Crippen molar-refractivity contribution in [2.75, 3.05) is 0 Å². The van der Waals surface area contributed by atoms with Crippen LogP contribution in [0, 0.1) is 13.8 Å². The fraction of sp³-hybridized carbons (Fsp3) is 0.0556. The second kappa shape index (κ2) is 9.83. The summed E-state index contributed by atoms with van der Waals surface area (Å²) in [6.07, 6.45) is 5.55. The molecule has 0 atom stereocenters. The average Bonchev–Trinajstić information content (AvgIpc) is 3.00. The van der Waals surface area contributed by atoms with Crippen LogP contribution in [-0.4, -0.2) is 19.9 Å². The topological polar surface area (TPSA) is 51.6 Å². The molecule has 7 rings (SSSR count). The summed E-state index contributed by atoms with van der Waals surface area (Å²) in [5, 5.41) is 2.21. The van der Waals surface area contributed by atoms with Crippen LogP contribution in [0.25, 0.3) is 66.4 Å². The molecule has 3 aromatic carbocycles. The second-order valence-corrected chi connectivity index (χ2v) is 10.1. The quantitative estimate of drug-likeness (QED) is 0.220. The van der Waals surface area contributed by atoms with E-state index in [1.54, 1.807) is 0 Å². The summed E-state index contributed by atoms with van der Waals surface area (Å²) in [7, 11) is 0. The normalized spacial score (nSPS) is 11.2. The fourth-order valence-corrected chi connectivity index (χ4v) is 5.53. The monoisotopic (exact) mass is 514 g/mol. The van der Waals surface area contributed by atoms with Gasteiger partial charge in [-0.1, -0.05) is 36.4 Å². The number of aryl methyl sites for hydroxylation is 2. The first-order valence-corrected chi connectivity index (χ1v) is 13.4. The molecule has 0 N–H and O–H groups in total. The van der Waals surface area contributed by atoms with E-state index in [-0.39, 0.29) is 0 Å². The summed E-state index contributed by atoms with van der Waals surface area (Å²) in [5.41, 5.74) is 12.7. The number of aromatic nitrogens is 4. The maximum atomic E-state index is 4.85. The van der Waals surface area contributed by atoms with Gasteiger partial charge in [0.25, 0.3) is 0 Å². The Kier molecular flexibility index (Phi) is 5.86. The SMILES string of the molecule is Cc1cc(-c2cc(-c3cccc(-c4ccccn4)c3)cc(-c3cc4ncccc4c4cccnc34)c2)cc(C)n1. The van der Waals surface area contributed by atoms with Crippen LogP contribution in [0.4, 0.5) is 0 Å². The molecular formula is C36H26N4. The molecule has 4 heterocycles. The van der Waals surface area contributed by atoms with Gasteiger partial charge >= 0.3 is 0 Å². The predicted molar refractivity (Wildman–Crippen MR) is 164 cm³/mol. The van der Waals surface area contributed by atoms with Crippen molar-refractivity contribution in [1.82, 2.24) is 19.9 Å². The molecule has 0 amide bonds. The molecular weight excluding hydrogens is 488 g/mol. The number of fused-ring (bicyclic) bond motifs is 3. The van der Waals surface area contributed by atoms with Gasteiger partial charge in [0, 0.05) is 51.9 Å². The Balaban J connectivity index is 1.50. The first-order chi connectivity index (χ1) is 19.6. The molecule has 0 spiro atoms. The van der Waals surface area contributed by atoms with Gasteiger partial charge in [0.05, 0.1) is 16.7 Å². The standard InChI is InChI=1S/C36H26N4/c1-23-16-27(17-24(2)40-23)29-19-28(25-8-5-9-26(18-25)34-12-3-4-13-37-34)20-30(21-29)33-22-35-31(10-6-14-38-35)32-11-7-15-39-36(32)33/h3-22H,1-2H3. The van der Waals surface area contributed by atoms with Gasteiger partial charge in [-0.05, 0) is 108 Å². The lowest BCUT2D eigenvalue weighted by atomic mass is 9.91. The van der Waals surface area contributed by atoms with Crippen molar-refractivity contribution in [3.05, 3.63) is 133 Å². The number of pyridine rings is 4. The zero-order valence-corrected chi connectivity index (χ0v) is 22.3. The summed E-state index contributed by atoms with van der Waals surface area (Å²) in [6.45, 7) is 4.09. The average molecular weight is 515 g/mol. The highest BCUT2D eigenvalue weighted by atomic mass is 14.7. The van der Waals surface area contributed by atoms with Crippen LogP contribution < -0.4 is 0 Å². The highest BCUT2D eigenvalue weighted by Gasteiger charge is 2.14. The zero-order chi connectivity index (χ0) is 27.1. The van der Waals surface area contributed by atoms with E-state index in [4.69, 9.17) is 9.97 Å². The van der Waals surface area contributed by atoms with E-state index in [0.717, 1.165) is 77.8 Å². The van der Waals surface area contributed by atoms with E-state index >= 15 is 0 Å². The molecule has 0 fully saturated rings. The Morgan fingerprint density at radius 1 is 0.450 bits per heavy atom. The third-order valence-corrected chi connectivity index (χ3v) is 7.29. The van der Waals surface area contributed by atoms with E-state index < -0.39 is 0 Å². The van der Waals surface area contributed by atoms with E-state index in [1.165, 1.54) is 0 Å². The van der Waals surface area contributed by atoms with E-state index in [2.05, 4.69) is 82.8 Å². The third-order valence-electron chi connectivity index (χ3n) is 7.29. The smallest absolute Gasteiger partial charge is 0.0787 e. The lowest BCUT2D eigenvalue weighted by Gasteiger charge is -2.15. The number of rotatable bonds is 4. The van der Waals surface area contributed by atoms with Crippen LogP contribution in [0.3, 0.4) is 0 Å². The largest absolute Gasteiger partial charge is 0.258 e. The summed E-state index contributed by atoms with van der Waals surface area (Å²) in [6, 6.07) is 36.1. The number of hydrogen-bond acceptors (Lipinski definition) is 4. The molecule has 0 radical (unpaired) electrons. The fourth-order valence-electron chi connectivity index (χ4n) is 5.53. The van der Waals surface area contributed by atoms with Gasteiger partial charge in [-0.15, -0.1) is 0 Å². The Labute approximate surface area is 233 Å². The van der Waals surface area contributed by atoms with Crippen molar-refractivity contribution in [3.63, 3.8) is 0 Å². The summed E-state index contributed by atoms with van der Waals surface area (Å²) in [5.74, 6) is 0. The predicted octanol–water partition coefficient (Wildman–Crippen LogP) is 8.86. The lowest BCUT2D eigenvalue weighted by Crippen LogP contribution is -1.92. The summed E-state index contributed by atoms with van der Waals surface area (Å²) in [4.78, 5) is 18.7. The third kappa shape index (κ3) is 4.40. The Morgan fingerprint density at radius 3 is 1.90 bits per heavy atom. The van der Waals surface area contributed by atoms with Crippen LogP contribution in [0.2, 0.25) is 0 Å². The molecule has 0 aliphatic rings. The van der Waals surface area contributed by atoms with Crippen molar-refractivity contribution in [1.29, 1.82) is 0 Å². The van der Waals surface area contributed by atoms with Crippen molar-refractivity contribution >= 4 is 21.8 Å². The first kappa shape index (κ1) is 23.9. The van der Waals surface area contributed by atoms with E-state index in [1.807, 2.05) is 62.8 Å². The molecule has 40 heavy (non-hydrogen) atoms. The lowest BCUT2D eigenvalue weighted by molar-refractivity contribution is 1.12. The molecule has 4 nitrogen and oxygen atoms in total. The van der Waals surface area contributed by atoms with E-state index in [0.29, 0.717) is 0 Å². The first-order valence-electron chi connectivity index (χ1n) is 13.4. The maximum Gasteiger partial charge on any atom is 0.0787 e. The van der Waals surface area contributed by atoms with Crippen LogP contribution in [0.15, 0.2) is 122 Å². The van der Waals surface area contributed by atoms with Gasteiger partial charge < -0.3 is 0 Å². The number of benzene rings is 3. The Morgan fingerprint density at radius 2 is 1.10 bits per heavy atom. The van der Waals surface area contributed by atoms with Gasteiger partial charge in [-0.25, -0.2) is 0 Å². The van der Waals surface area contributed by atoms with Crippen molar-refractivity contribution < 1.29 is 0 Å². The minimum absolute atomic E-state index is 0.955.